The molecule has 0 aromatic carbocycles. The van der Waals surface area contributed by atoms with Gasteiger partial charge in [0, 0.05) is 23.1 Å². The maximum Gasteiger partial charge on any atom is 0.328 e. The molecular formula is C12H15NO2S. The molecule has 4 heteroatoms. The molecule has 1 aromatic heterocycles. The van der Waals surface area contributed by atoms with Gasteiger partial charge in [-0.25, -0.2) is 9.78 Å². The van der Waals surface area contributed by atoms with Crippen molar-refractivity contribution in [2.24, 2.45) is 0 Å². The summed E-state index contributed by atoms with van der Waals surface area (Å²) >= 11 is 1.62. The molecule has 0 amide bonds. The van der Waals surface area contributed by atoms with Crippen LogP contribution in [0.25, 0.3) is 6.08 Å². The van der Waals surface area contributed by atoms with E-state index in [-0.39, 0.29) is 0 Å². The molecule has 86 valence electrons. The molecule has 1 heterocycles. The highest BCUT2D eigenvalue weighted by molar-refractivity contribution is 7.12. The predicted molar refractivity (Wildman–Crippen MR) is 64.6 cm³/mol. The molecule has 1 aromatic rings. The minimum absolute atomic E-state index is 0.603. The number of aliphatic carboxylic acids is 1. The van der Waals surface area contributed by atoms with Crippen LogP contribution in [0.15, 0.2) is 12.3 Å². The van der Waals surface area contributed by atoms with Gasteiger partial charge >= 0.3 is 5.97 Å². The van der Waals surface area contributed by atoms with Crippen LogP contribution in [-0.4, -0.2) is 16.1 Å². The van der Waals surface area contributed by atoms with Crippen molar-refractivity contribution in [2.75, 3.05) is 0 Å². The van der Waals surface area contributed by atoms with E-state index in [1.165, 1.54) is 37.1 Å². The maximum atomic E-state index is 10.4. The fourth-order valence-electron chi connectivity index (χ4n) is 2.07. The van der Waals surface area contributed by atoms with E-state index in [1.54, 1.807) is 23.6 Å². The first-order chi connectivity index (χ1) is 7.75. The van der Waals surface area contributed by atoms with E-state index in [1.807, 2.05) is 0 Å². The van der Waals surface area contributed by atoms with Crippen LogP contribution in [0.2, 0.25) is 0 Å². The third-order valence-electron chi connectivity index (χ3n) is 2.89. The number of nitrogens with zero attached hydrogens (tertiary/aromatic N) is 1. The Bertz CT molecular complexity index is 391. The summed E-state index contributed by atoms with van der Waals surface area (Å²) in [6, 6.07) is 0. The van der Waals surface area contributed by atoms with Gasteiger partial charge in [0.1, 0.15) is 0 Å². The van der Waals surface area contributed by atoms with E-state index in [2.05, 4.69) is 4.98 Å². The molecule has 1 N–H and O–H groups in total. The molecule has 1 aliphatic rings. The first kappa shape index (κ1) is 11.3. The van der Waals surface area contributed by atoms with Gasteiger partial charge in [0.05, 0.1) is 5.01 Å². The summed E-state index contributed by atoms with van der Waals surface area (Å²) in [5.74, 6) is -0.307. The number of aromatic nitrogens is 1. The average Bonchev–Trinajstić information content (AvgIpc) is 2.76. The summed E-state index contributed by atoms with van der Waals surface area (Å²) < 4.78 is 0. The Labute approximate surface area is 98.8 Å². The van der Waals surface area contributed by atoms with E-state index in [9.17, 15) is 4.79 Å². The van der Waals surface area contributed by atoms with Gasteiger partial charge in [-0.2, -0.15) is 0 Å². The van der Waals surface area contributed by atoms with Crippen LogP contribution in [0.3, 0.4) is 0 Å². The van der Waals surface area contributed by atoms with Gasteiger partial charge in [-0.15, -0.1) is 11.3 Å². The molecule has 0 unspecified atom stereocenters. The van der Waals surface area contributed by atoms with Crippen LogP contribution in [0, 0.1) is 0 Å². The van der Waals surface area contributed by atoms with Crippen molar-refractivity contribution in [1.82, 2.24) is 4.98 Å². The van der Waals surface area contributed by atoms with E-state index < -0.39 is 5.97 Å². The number of hydrogen-bond donors (Lipinski definition) is 1. The van der Waals surface area contributed by atoms with Gasteiger partial charge < -0.3 is 5.11 Å². The highest BCUT2D eigenvalue weighted by atomic mass is 32.1. The molecule has 3 nitrogen and oxygen atoms in total. The van der Waals surface area contributed by atoms with Crippen LogP contribution in [0.4, 0.5) is 0 Å². The Hall–Kier alpha value is -1.16. The van der Waals surface area contributed by atoms with E-state index in [0.29, 0.717) is 5.92 Å². The van der Waals surface area contributed by atoms with E-state index >= 15 is 0 Å². The minimum atomic E-state index is -0.910. The summed E-state index contributed by atoms with van der Waals surface area (Å²) in [6.45, 7) is 0. The Morgan fingerprint density at radius 1 is 1.44 bits per heavy atom. The Morgan fingerprint density at radius 3 is 2.88 bits per heavy atom. The lowest BCUT2D eigenvalue weighted by Crippen LogP contribution is -2.03. The highest BCUT2D eigenvalue weighted by Gasteiger charge is 2.18. The molecule has 1 aliphatic carbocycles. The summed E-state index contributed by atoms with van der Waals surface area (Å²) in [4.78, 5) is 15.7. The molecule has 2 rings (SSSR count). The smallest absolute Gasteiger partial charge is 0.328 e. The zero-order valence-electron chi connectivity index (χ0n) is 9.06. The second kappa shape index (κ2) is 5.25. The fourth-order valence-corrected chi connectivity index (χ4v) is 3.06. The van der Waals surface area contributed by atoms with Crippen LogP contribution >= 0.6 is 11.3 Å². The number of thiazole rings is 1. The average molecular weight is 237 g/mol. The molecule has 0 radical (unpaired) electrons. The third kappa shape index (κ3) is 2.92. The summed E-state index contributed by atoms with van der Waals surface area (Å²) in [6.07, 6.45) is 11.0. The Kier molecular flexibility index (Phi) is 3.72. The summed E-state index contributed by atoms with van der Waals surface area (Å²) in [5, 5.41) is 9.70. The van der Waals surface area contributed by atoms with Gasteiger partial charge in [-0.3, -0.25) is 0 Å². The van der Waals surface area contributed by atoms with Crippen LogP contribution in [-0.2, 0) is 4.79 Å². The second-order valence-corrected chi connectivity index (χ2v) is 5.20. The zero-order chi connectivity index (χ0) is 11.4. The minimum Gasteiger partial charge on any atom is -0.478 e. The first-order valence-corrected chi connectivity index (χ1v) is 6.44. The zero-order valence-corrected chi connectivity index (χ0v) is 9.87. The number of hydrogen-bond acceptors (Lipinski definition) is 3. The first-order valence-electron chi connectivity index (χ1n) is 5.62. The lowest BCUT2D eigenvalue weighted by Gasteiger charge is -2.18. The Balaban J connectivity index is 2.03. The van der Waals surface area contributed by atoms with Gasteiger partial charge in [0.2, 0.25) is 0 Å². The highest BCUT2D eigenvalue weighted by Crippen LogP contribution is 2.34. The molecular weight excluding hydrogens is 222 g/mol. The van der Waals surface area contributed by atoms with E-state index in [0.717, 1.165) is 11.0 Å². The van der Waals surface area contributed by atoms with E-state index in [4.69, 9.17) is 5.11 Å². The van der Waals surface area contributed by atoms with Crippen molar-refractivity contribution in [3.05, 3.63) is 22.2 Å². The van der Waals surface area contributed by atoms with Crippen LogP contribution in [0.1, 0.15) is 47.9 Å². The van der Waals surface area contributed by atoms with Crippen molar-refractivity contribution in [2.45, 2.75) is 38.0 Å². The van der Waals surface area contributed by atoms with Gasteiger partial charge in [-0.1, -0.05) is 19.3 Å². The molecule has 1 saturated carbocycles. The fraction of sp³-hybridized carbons (Fsp3) is 0.500. The normalized spacial score (nSPS) is 18.0. The summed E-state index contributed by atoms with van der Waals surface area (Å²) in [7, 11) is 0. The largest absolute Gasteiger partial charge is 0.478 e. The molecule has 0 bridgehead atoms. The number of rotatable bonds is 3. The second-order valence-electron chi connectivity index (χ2n) is 4.11. The predicted octanol–water partition coefficient (Wildman–Crippen LogP) is 3.29. The van der Waals surface area contributed by atoms with Crippen molar-refractivity contribution >= 4 is 23.4 Å². The molecule has 1 fully saturated rings. The maximum absolute atomic E-state index is 10.4. The number of carboxylic acids is 1. The van der Waals surface area contributed by atoms with Crippen molar-refractivity contribution in [3.8, 4) is 0 Å². The third-order valence-corrected chi connectivity index (χ3v) is 4.01. The van der Waals surface area contributed by atoms with Gasteiger partial charge in [0.25, 0.3) is 0 Å². The topological polar surface area (TPSA) is 50.2 Å². The number of carbonyl (C=O) groups is 1. The number of carboxylic acid groups (broad SMARTS) is 1. The quantitative estimate of drug-likeness (QED) is 0.821. The molecule has 16 heavy (non-hydrogen) atoms. The summed E-state index contributed by atoms with van der Waals surface area (Å²) in [5.41, 5.74) is 0. The van der Waals surface area contributed by atoms with Gasteiger partial charge in [0.15, 0.2) is 0 Å². The lowest BCUT2D eigenvalue weighted by atomic mass is 9.90. The van der Waals surface area contributed by atoms with Crippen LogP contribution in [0.5, 0.6) is 0 Å². The standard InChI is InChI=1S/C12H15NO2S/c14-11(15)7-6-10-8-13-12(16-10)9-4-2-1-3-5-9/h6-9H,1-5H2,(H,14,15)/b7-6+. The monoisotopic (exact) mass is 237 g/mol. The van der Waals surface area contributed by atoms with Gasteiger partial charge in [-0.05, 0) is 18.9 Å². The van der Waals surface area contributed by atoms with Crippen molar-refractivity contribution in [1.29, 1.82) is 0 Å². The molecule has 0 atom stereocenters. The van der Waals surface area contributed by atoms with Crippen molar-refractivity contribution in [3.63, 3.8) is 0 Å². The molecule has 0 aliphatic heterocycles. The Morgan fingerprint density at radius 2 is 2.19 bits per heavy atom. The molecule has 0 saturated heterocycles. The molecule has 0 spiro atoms. The van der Waals surface area contributed by atoms with Crippen molar-refractivity contribution < 1.29 is 9.90 Å². The van der Waals surface area contributed by atoms with Crippen LogP contribution < -0.4 is 0 Å². The SMILES string of the molecule is O=C(O)/C=C/c1cnc(C2CCCCC2)s1. The lowest BCUT2D eigenvalue weighted by molar-refractivity contribution is -0.131.